The van der Waals surface area contributed by atoms with Gasteiger partial charge < -0.3 is 15.5 Å². The third kappa shape index (κ3) is 3.12. The van der Waals surface area contributed by atoms with E-state index in [1.807, 2.05) is 19.1 Å². The maximum atomic E-state index is 11.3. The van der Waals surface area contributed by atoms with Crippen LogP contribution in [-0.4, -0.2) is 52.7 Å². The van der Waals surface area contributed by atoms with Gasteiger partial charge in [-0.05, 0) is 24.6 Å². The number of nitrogens with one attached hydrogen (secondary N) is 2. The van der Waals surface area contributed by atoms with E-state index < -0.39 is 0 Å². The molecule has 2 N–H and O–H groups in total. The van der Waals surface area contributed by atoms with E-state index in [1.165, 1.54) is 11.2 Å². The molecule has 0 fully saturated rings. The number of amides is 2. The third-order valence-electron chi connectivity index (χ3n) is 2.64. The van der Waals surface area contributed by atoms with Gasteiger partial charge in [0.2, 0.25) is 0 Å². The van der Waals surface area contributed by atoms with Crippen molar-refractivity contribution >= 4 is 17.5 Å². The molecule has 0 bridgehead atoms. The largest absolute Gasteiger partial charge is 0.368 e. The van der Waals surface area contributed by atoms with Gasteiger partial charge in [-0.1, -0.05) is 0 Å². The summed E-state index contributed by atoms with van der Waals surface area (Å²) in [5, 5.41) is 10.2. The number of pyridine rings is 1. The van der Waals surface area contributed by atoms with E-state index in [2.05, 4.69) is 20.7 Å². The van der Waals surface area contributed by atoms with E-state index in [4.69, 9.17) is 0 Å². The number of rotatable bonds is 4. The minimum Gasteiger partial charge on any atom is -0.368 e. The highest BCUT2D eigenvalue weighted by atomic mass is 16.2. The van der Waals surface area contributed by atoms with Crippen molar-refractivity contribution in [2.45, 2.75) is 6.92 Å². The number of hydrogen-bond donors (Lipinski definition) is 2. The Bertz CT molecular complexity index is 577. The van der Waals surface area contributed by atoms with Gasteiger partial charge in [-0.25, -0.2) is 9.78 Å². The molecule has 0 atom stereocenters. The Kier molecular flexibility index (Phi) is 3.84. The lowest BCUT2D eigenvalue weighted by Crippen LogP contribution is -2.37. The number of fused-ring (bicyclic) bond motifs is 1. The molecule has 0 saturated heterocycles. The van der Waals surface area contributed by atoms with Gasteiger partial charge in [-0.3, -0.25) is 0 Å². The van der Waals surface area contributed by atoms with Crippen molar-refractivity contribution < 1.29 is 4.79 Å². The van der Waals surface area contributed by atoms with Crippen LogP contribution in [0.1, 0.15) is 5.56 Å². The molecule has 7 nitrogen and oxygen atoms in total. The van der Waals surface area contributed by atoms with Crippen LogP contribution >= 0.6 is 0 Å². The van der Waals surface area contributed by atoms with E-state index in [0.717, 1.165) is 17.0 Å². The van der Waals surface area contributed by atoms with E-state index in [1.54, 1.807) is 18.6 Å². The topological polar surface area (TPSA) is 74.6 Å². The molecule has 2 amide bonds. The summed E-state index contributed by atoms with van der Waals surface area (Å²) in [4.78, 5) is 17.0. The van der Waals surface area contributed by atoms with Gasteiger partial charge in [-0.2, -0.15) is 9.61 Å². The Morgan fingerprint density at radius 2 is 2.16 bits per heavy atom. The molecule has 0 unspecified atom stereocenters. The van der Waals surface area contributed by atoms with Crippen LogP contribution in [-0.2, 0) is 0 Å². The van der Waals surface area contributed by atoms with Gasteiger partial charge >= 0.3 is 6.03 Å². The van der Waals surface area contributed by atoms with Crippen molar-refractivity contribution in [2.75, 3.05) is 32.5 Å². The fourth-order valence-corrected chi connectivity index (χ4v) is 1.70. The highest BCUT2D eigenvalue weighted by Gasteiger charge is 2.04. The van der Waals surface area contributed by atoms with Crippen LogP contribution in [0.25, 0.3) is 5.65 Å². The quantitative estimate of drug-likeness (QED) is 0.796. The minimum atomic E-state index is -0.100. The summed E-state index contributed by atoms with van der Waals surface area (Å²) in [6, 6.07) is 3.86. The fourth-order valence-electron chi connectivity index (χ4n) is 1.70. The Morgan fingerprint density at radius 3 is 2.89 bits per heavy atom. The smallest absolute Gasteiger partial charge is 0.316 e. The van der Waals surface area contributed by atoms with Crippen LogP contribution in [0.4, 0.5) is 10.6 Å². The predicted octanol–water partition coefficient (Wildman–Crippen LogP) is 0.721. The molecule has 2 aromatic rings. The van der Waals surface area contributed by atoms with Gasteiger partial charge in [-0.15, -0.1) is 0 Å². The summed E-state index contributed by atoms with van der Waals surface area (Å²) in [5.41, 5.74) is 1.92. The summed E-state index contributed by atoms with van der Waals surface area (Å²) in [5.74, 6) is 0.867. The van der Waals surface area contributed by atoms with Crippen molar-refractivity contribution in [3.05, 3.63) is 24.0 Å². The van der Waals surface area contributed by atoms with Crippen molar-refractivity contribution in [2.24, 2.45) is 0 Å². The number of anilines is 1. The van der Waals surface area contributed by atoms with Crippen molar-refractivity contribution in [3.8, 4) is 0 Å². The van der Waals surface area contributed by atoms with E-state index in [9.17, 15) is 4.79 Å². The molecule has 0 radical (unpaired) electrons. The van der Waals surface area contributed by atoms with Crippen molar-refractivity contribution in [1.82, 2.24) is 24.8 Å². The molecule has 2 aromatic heterocycles. The first-order chi connectivity index (χ1) is 9.08. The number of carbonyl (C=O) groups is 1. The Hall–Kier alpha value is -2.31. The summed E-state index contributed by atoms with van der Waals surface area (Å²) >= 11 is 0. The van der Waals surface area contributed by atoms with Crippen molar-refractivity contribution in [3.63, 3.8) is 0 Å². The molecule has 19 heavy (non-hydrogen) atoms. The lowest BCUT2D eigenvalue weighted by molar-refractivity contribution is 0.218. The van der Waals surface area contributed by atoms with Crippen LogP contribution in [0.15, 0.2) is 18.5 Å². The SMILES string of the molecule is Cc1cc(NCCNC(=O)N(C)C)n2ncnc2c1. The zero-order chi connectivity index (χ0) is 13.8. The molecule has 0 aliphatic rings. The number of carbonyl (C=O) groups excluding carboxylic acids is 1. The van der Waals surface area contributed by atoms with Crippen LogP contribution < -0.4 is 10.6 Å². The summed E-state index contributed by atoms with van der Waals surface area (Å²) in [6.45, 7) is 3.17. The monoisotopic (exact) mass is 262 g/mol. The highest BCUT2D eigenvalue weighted by Crippen LogP contribution is 2.12. The molecule has 0 aliphatic carbocycles. The summed E-state index contributed by atoms with van der Waals surface area (Å²) in [6.07, 6.45) is 1.52. The average Bonchev–Trinajstić information content (AvgIpc) is 2.81. The second-order valence-corrected chi connectivity index (χ2v) is 4.50. The molecule has 0 spiro atoms. The zero-order valence-corrected chi connectivity index (χ0v) is 11.3. The first-order valence-electron chi connectivity index (χ1n) is 6.07. The van der Waals surface area contributed by atoms with Gasteiger partial charge in [0, 0.05) is 27.2 Å². The fraction of sp³-hybridized carbons (Fsp3) is 0.417. The Labute approximate surface area is 111 Å². The molecule has 102 valence electrons. The van der Waals surface area contributed by atoms with Crippen LogP contribution in [0.3, 0.4) is 0 Å². The Balaban J connectivity index is 1.94. The standard InChI is InChI=1S/C12H18N6O/c1-9-6-10(18-11(7-9)15-8-16-18)13-4-5-14-12(19)17(2)3/h6-8,13H,4-5H2,1-3H3,(H,14,19). The molecule has 2 heterocycles. The van der Waals surface area contributed by atoms with E-state index in [-0.39, 0.29) is 6.03 Å². The number of aromatic nitrogens is 3. The summed E-state index contributed by atoms with van der Waals surface area (Å²) in [7, 11) is 3.42. The first-order valence-corrected chi connectivity index (χ1v) is 6.07. The van der Waals surface area contributed by atoms with E-state index >= 15 is 0 Å². The van der Waals surface area contributed by atoms with Crippen LogP contribution in [0, 0.1) is 6.92 Å². The first kappa shape index (κ1) is 13.1. The number of urea groups is 1. The van der Waals surface area contributed by atoms with Crippen LogP contribution in [0.2, 0.25) is 0 Å². The number of nitrogens with zero attached hydrogens (tertiary/aromatic N) is 4. The second kappa shape index (κ2) is 5.55. The normalized spacial score (nSPS) is 10.5. The van der Waals surface area contributed by atoms with Gasteiger partial charge in [0.1, 0.15) is 12.1 Å². The lowest BCUT2D eigenvalue weighted by atomic mass is 10.3. The molecule has 0 aliphatic heterocycles. The maximum absolute atomic E-state index is 11.3. The van der Waals surface area contributed by atoms with E-state index in [0.29, 0.717) is 13.1 Å². The number of hydrogen-bond acceptors (Lipinski definition) is 4. The molecular weight excluding hydrogens is 244 g/mol. The number of aryl methyl sites for hydroxylation is 1. The minimum absolute atomic E-state index is 0.100. The third-order valence-corrected chi connectivity index (χ3v) is 2.64. The zero-order valence-electron chi connectivity index (χ0n) is 11.3. The lowest BCUT2D eigenvalue weighted by Gasteiger charge is -2.13. The molecule has 0 saturated carbocycles. The molecular formula is C12H18N6O. The Morgan fingerprint density at radius 1 is 1.37 bits per heavy atom. The molecule has 7 heteroatoms. The van der Waals surface area contributed by atoms with Gasteiger partial charge in [0.25, 0.3) is 0 Å². The van der Waals surface area contributed by atoms with Gasteiger partial charge in [0.05, 0.1) is 0 Å². The van der Waals surface area contributed by atoms with Crippen molar-refractivity contribution in [1.29, 1.82) is 0 Å². The highest BCUT2D eigenvalue weighted by molar-refractivity contribution is 5.73. The second-order valence-electron chi connectivity index (χ2n) is 4.50. The average molecular weight is 262 g/mol. The maximum Gasteiger partial charge on any atom is 0.316 e. The van der Waals surface area contributed by atoms with Gasteiger partial charge in [0.15, 0.2) is 5.65 Å². The molecule has 2 rings (SSSR count). The summed E-state index contributed by atoms with van der Waals surface area (Å²) < 4.78 is 1.74. The van der Waals surface area contributed by atoms with Crippen LogP contribution in [0.5, 0.6) is 0 Å². The predicted molar refractivity (Wildman–Crippen MR) is 73.3 cm³/mol. The molecule has 0 aromatic carbocycles.